The summed E-state index contributed by atoms with van der Waals surface area (Å²) in [6.45, 7) is 7.06. The van der Waals surface area contributed by atoms with Gasteiger partial charge in [0.2, 0.25) is 0 Å². The van der Waals surface area contributed by atoms with Gasteiger partial charge in [-0.3, -0.25) is 0 Å². The second-order valence-corrected chi connectivity index (χ2v) is 6.55. The van der Waals surface area contributed by atoms with Crippen LogP contribution in [0.4, 0.5) is 0 Å². The fourth-order valence-electron chi connectivity index (χ4n) is 1.79. The van der Waals surface area contributed by atoms with E-state index in [2.05, 4.69) is 48.8 Å². The number of ether oxygens (including phenoxy) is 1. The van der Waals surface area contributed by atoms with E-state index in [9.17, 15) is 5.11 Å². The SMILES string of the molecule is CC(C)(C)OCCC(CO)Cc1cccc(Br)c1. The van der Waals surface area contributed by atoms with Gasteiger partial charge in [0.1, 0.15) is 0 Å². The molecule has 0 spiro atoms. The fourth-order valence-corrected chi connectivity index (χ4v) is 2.23. The van der Waals surface area contributed by atoms with Crippen LogP contribution in [0.3, 0.4) is 0 Å². The summed E-state index contributed by atoms with van der Waals surface area (Å²) >= 11 is 3.47. The second kappa shape index (κ2) is 7.27. The van der Waals surface area contributed by atoms with E-state index in [0.717, 1.165) is 17.3 Å². The van der Waals surface area contributed by atoms with Crippen LogP contribution in [0.5, 0.6) is 0 Å². The van der Waals surface area contributed by atoms with E-state index < -0.39 is 0 Å². The van der Waals surface area contributed by atoms with Crippen molar-refractivity contribution in [3.05, 3.63) is 34.3 Å². The molecular formula is C15H23BrO2. The number of hydrogen-bond donors (Lipinski definition) is 1. The Labute approximate surface area is 118 Å². The zero-order valence-electron chi connectivity index (χ0n) is 11.4. The first kappa shape index (κ1) is 15.7. The molecule has 1 aromatic rings. The van der Waals surface area contributed by atoms with Gasteiger partial charge in [0, 0.05) is 17.7 Å². The van der Waals surface area contributed by atoms with E-state index >= 15 is 0 Å². The van der Waals surface area contributed by atoms with Crippen LogP contribution in [-0.4, -0.2) is 23.9 Å². The first-order chi connectivity index (χ1) is 8.40. The quantitative estimate of drug-likeness (QED) is 0.865. The minimum atomic E-state index is -0.101. The first-order valence-corrected chi connectivity index (χ1v) is 7.19. The summed E-state index contributed by atoms with van der Waals surface area (Å²) < 4.78 is 6.79. The zero-order chi connectivity index (χ0) is 13.6. The third-order valence-electron chi connectivity index (χ3n) is 2.73. The van der Waals surface area contributed by atoms with Crippen LogP contribution in [0, 0.1) is 5.92 Å². The monoisotopic (exact) mass is 314 g/mol. The van der Waals surface area contributed by atoms with E-state index in [4.69, 9.17) is 4.74 Å². The molecular weight excluding hydrogens is 292 g/mol. The topological polar surface area (TPSA) is 29.5 Å². The van der Waals surface area contributed by atoms with Crippen LogP contribution in [0.15, 0.2) is 28.7 Å². The fraction of sp³-hybridized carbons (Fsp3) is 0.600. The van der Waals surface area contributed by atoms with E-state index in [-0.39, 0.29) is 18.1 Å². The van der Waals surface area contributed by atoms with Gasteiger partial charge < -0.3 is 9.84 Å². The minimum absolute atomic E-state index is 0.101. The molecule has 0 aliphatic heterocycles. The molecule has 0 amide bonds. The Morgan fingerprint density at radius 1 is 1.33 bits per heavy atom. The lowest BCUT2D eigenvalue weighted by atomic mass is 9.97. The highest BCUT2D eigenvalue weighted by Crippen LogP contribution is 2.18. The largest absolute Gasteiger partial charge is 0.396 e. The Kier molecular flexibility index (Phi) is 6.33. The lowest BCUT2D eigenvalue weighted by Gasteiger charge is -2.21. The first-order valence-electron chi connectivity index (χ1n) is 6.40. The van der Waals surface area contributed by atoms with Crippen LogP contribution in [0.1, 0.15) is 32.8 Å². The maximum atomic E-state index is 9.42. The minimum Gasteiger partial charge on any atom is -0.396 e. The summed E-state index contributed by atoms with van der Waals surface area (Å²) in [7, 11) is 0. The molecule has 2 nitrogen and oxygen atoms in total. The van der Waals surface area contributed by atoms with Crippen LogP contribution in [0.2, 0.25) is 0 Å². The summed E-state index contributed by atoms with van der Waals surface area (Å²) in [5, 5.41) is 9.42. The third-order valence-corrected chi connectivity index (χ3v) is 3.23. The number of benzene rings is 1. The van der Waals surface area contributed by atoms with Crippen molar-refractivity contribution in [1.82, 2.24) is 0 Å². The highest BCUT2D eigenvalue weighted by Gasteiger charge is 2.13. The second-order valence-electron chi connectivity index (χ2n) is 5.63. The van der Waals surface area contributed by atoms with Crippen molar-refractivity contribution in [1.29, 1.82) is 0 Å². The van der Waals surface area contributed by atoms with Crippen molar-refractivity contribution in [2.45, 2.75) is 39.2 Å². The Bertz CT molecular complexity index is 358. The molecule has 1 unspecified atom stereocenters. The standard InChI is InChI=1S/C15H23BrO2/c1-15(2,3)18-8-7-13(11-17)9-12-5-4-6-14(16)10-12/h4-6,10,13,17H,7-9,11H2,1-3H3. The van der Waals surface area contributed by atoms with Crippen LogP contribution >= 0.6 is 15.9 Å². The van der Waals surface area contributed by atoms with E-state index in [1.54, 1.807) is 0 Å². The van der Waals surface area contributed by atoms with Crippen molar-refractivity contribution in [3.63, 3.8) is 0 Å². The molecule has 0 radical (unpaired) electrons. The van der Waals surface area contributed by atoms with Crippen molar-refractivity contribution in [3.8, 4) is 0 Å². The maximum absolute atomic E-state index is 9.42. The van der Waals surface area contributed by atoms with Crippen LogP contribution < -0.4 is 0 Å². The van der Waals surface area contributed by atoms with Gasteiger partial charge in [-0.1, -0.05) is 28.1 Å². The van der Waals surface area contributed by atoms with Gasteiger partial charge in [0.05, 0.1) is 5.60 Å². The average Bonchev–Trinajstić information content (AvgIpc) is 2.26. The predicted octanol–water partition coefficient (Wildman–Crippen LogP) is 3.81. The molecule has 0 heterocycles. The normalized spacial score (nSPS) is 13.6. The molecule has 1 rings (SSSR count). The van der Waals surface area contributed by atoms with Gasteiger partial charge in [0.15, 0.2) is 0 Å². The van der Waals surface area contributed by atoms with Crippen molar-refractivity contribution < 1.29 is 9.84 Å². The van der Waals surface area contributed by atoms with Crippen LogP contribution in [-0.2, 0) is 11.2 Å². The average molecular weight is 315 g/mol. The molecule has 1 aromatic carbocycles. The van der Waals surface area contributed by atoms with E-state index in [1.165, 1.54) is 5.56 Å². The Morgan fingerprint density at radius 2 is 2.06 bits per heavy atom. The smallest absolute Gasteiger partial charge is 0.0598 e. The molecule has 0 aliphatic carbocycles. The number of hydrogen-bond acceptors (Lipinski definition) is 2. The van der Waals surface area contributed by atoms with Gasteiger partial charge in [-0.15, -0.1) is 0 Å². The summed E-state index contributed by atoms with van der Waals surface area (Å²) in [4.78, 5) is 0. The Morgan fingerprint density at radius 3 is 2.61 bits per heavy atom. The van der Waals surface area contributed by atoms with Gasteiger partial charge in [0.25, 0.3) is 0 Å². The lowest BCUT2D eigenvalue weighted by molar-refractivity contribution is -0.0121. The zero-order valence-corrected chi connectivity index (χ0v) is 13.0. The predicted molar refractivity (Wildman–Crippen MR) is 78.7 cm³/mol. The maximum Gasteiger partial charge on any atom is 0.0598 e. The van der Waals surface area contributed by atoms with Crippen molar-refractivity contribution >= 4 is 15.9 Å². The summed E-state index contributed by atoms with van der Waals surface area (Å²) in [5.41, 5.74) is 1.15. The summed E-state index contributed by atoms with van der Waals surface area (Å²) in [5.74, 6) is 0.265. The number of rotatable bonds is 6. The van der Waals surface area contributed by atoms with Crippen LogP contribution in [0.25, 0.3) is 0 Å². The van der Waals surface area contributed by atoms with Gasteiger partial charge in [-0.2, -0.15) is 0 Å². The van der Waals surface area contributed by atoms with Crippen molar-refractivity contribution in [2.75, 3.05) is 13.2 Å². The van der Waals surface area contributed by atoms with Crippen molar-refractivity contribution in [2.24, 2.45) is 5.92 Å². The molecule has 0 fully saturated rings. The molecule has 0 saturated carbocycles. The third kappa shape index (κ3) is 6.53. The molecule has 1 atom stereocenters. The highest BCUT2D eigenvalue weighted by molar-refractivity contribution is 9.10. The highest BCUT2D eigenvalue weighted by atomic mass is 79.9. The molecule has 1 N–H and O–H groups in total. The molecule has 0 aromatic heterocycles. The number of halogens is 1. The molecule has 0 bridgehead atoms. The van der Waals surface area contributed by atoms with E-state index in [0.29, 0.717) is 6.61 Å². The number of aliphatic hydroxyl groups is 1. The van der Waals surface area contributed by atoms with Gasteiger partial charge >= 0.3 is 0 Å². The lowest BCUT2D eigenvalue weighted by Crippen LogP contribution is -2.22. The Balaban J connectivity index is 2.42. The molecule has 0 aliphatic rings. The molecule has 102 valence electrons. The molecule has 0 saturated heterocycles. The summed E-state index contributed by atoms with van der Waals surface area (Å²) in [6, 6.07) is 8.24. The van der Waals surface area contributed by atoms with E-state index in [1.807, 2.05) is 12.1 Å². The van der Waals surface area contributed by atoms with Gasteiger partial charge in [-0.05, 0) is 57.2 Å². The molecule has 3 heteroatoms. The van der Waals surface area contributed by atoms with Gasteiger partial charge in [-0.25, -0.2) is 0 Å². The molecule has 18 heavy (non-hydrogen) atoms. The number of aliphatic hydroxyl groups excluding tert-OH is 1. The summed E-state index contributed by atoms with van der Waals surface area (Å²) in [6.07, 6.45) is 1.78. The Hall–Kier alpha value is -0.380.